The quantitative estimate of drug-likeness (QED) is 0.415. The van der Waals surface area contributed by atoms with Gasteiger partial charge in [-0.25, -0.2) is 13.4 Å². The summed E-state index contributed by atoms with van der Waals surface area (Å²) < 4.78 is 35.1. The van der Waals surface area contributed by atoms with E-state index in [1.807, 2.05) is 0 Å². The Labute approximate surface area is 220 Å². The minimum atomic E-state index is -3.30. The molecular weight excluding hydrogens is 533 g/mol. The molecule has 3 aromatic rings. The van der Waals surface area contributed by atoms with E-state index in [-0.39, 0.29) is 29.6 Å². The lowest BCUT2D eigenvalue weighted by atomic mass is 10.1. The van der Waals surface area contributed by atoms with Crippen molar-refractivity contribution >= 4 is 66.4 Å². The lowest BCUT2D eigenvalue weighted by Crippen LogP contribution is -2.43. The Morgan fingerprint density at radius 1 is 1.20 bits per heavy atom. The molecule has 8 nitrogen and oxygen atoms in total. The highest BCUT2D eigenvalue weighted by Crippen LogP contribution is 2.38. The zero-order valence-electron chi connectivity index (χ0n) is 19.4. The number of sulfone groups is 1. The molecule has 1 fully saturated rings. The van der Waals surface area contributed by atoms with E-state index in [9.17, 15) is 13.2 Å². The van der Waals surface area contributed by atoms with E-state index in [4.69, 9.17) is 26.1 Å². The number of fused-ring (bicyclic) bond motifs is 1. The Bertz CT molecular complexity index is 1280. The predicted molar refractivity (Wildman–Crippen MR) is 141 cm³/mol. The topological polar surface area (TPSA) is 89.0 Å². The number of benzene rings is 2. The number of hydrogen-bond donors (Lipinski definition) is 0. The van der Waals surface area contributed by atoms with Gasteiger partial charge in [-0.1, -0.05) is 35.1 Å². The number of ether oxygens (including phenoxy) is 2. The normalized spacial score (nSPS) is 14.5. The van der Waals surface area contributed by atoms with E-state index in [0.717, 1.165) is 29.6 Å². The van der Waals surface area contributed by atoms with Crippen LogP contribution < -0.4 is 9.64 Å². The van der Waals surface area contributed by atoms with Crippen molar-refractivity contribution in [3.63, 3.8) is 0 Å². The Morgan fingerprint density at radius 2 is 1.89 bits per heavy atom. The number of methoxy groups -OCH3 is 1. The molecule has 1 amide bonds. The average molecular weight is 561 g/mol. The fourth-order valence-electron chi connectivity index (χ4n) is 3.74. The van der Waals surface area contributed by atoms with E-state index < -0.39 is 9.84 Å². The summed E-state index contributed by atoms with van der Waals surface area (Å²) in [7, 11) is -1.73. The van der Waals surface area contributed by atoms with Crippen molar-refractivity contribution < 1.29 is 22.7 Å². The van der Waals surface area contributed by atoms with Gasteiger partial charge in [-0.3, -0.25) is 14.6 Å². The van der Waals surface area contributed by atoms with Gasteiger partial charge in [-0.05, 0) is 29.8 Å². The van der Waals surface area contributed by atoms with E-state index in [0.29, 0.717) is 47.7 Å². The molecule has 1 aliphatic heterocycles. The summed E-state index contributed by atoms with van der Waals surface area (Å²) in [5, 5.41) is 1.10. The summed E-state index contributed by atoms with van der Waals surface area (Å²) in [6.07, 6.45) is 1.28. The van der Waals surface area contributed by atoms with Crippen LogP contribution in [0.15, 0.2) is 41.3 Å². The maximum atomic E-state index is 13.5. The predicted octanol–water partition coefficient (Wildman–Crippen LogP) is 3.69. The Balaban J connectivity index is 0.00000342. The molecule has 0 aliphatic carbocycles. The van der Waals surface area contributed by atoms with Crippen LogP contribution in [-0.2, 0) is 25.8 Å². The number of halogens is 2. The molecule has 0 N–H and O–H groups in total. The monoisotopic (exact) mass is 559 g/mol. The Morgan fingerprint density at radius 3 is 2.51 bits per heavy atom. The zero-order chi connectivity index (χ0) is 24.3. The highest BCUT2D eigenvalue weighted by molar-refractivity contribution is 7.90. The molecule has 0 atom stereocenters. The number of thiazole rings is 1. The molecule has 0 bridgehead atoms. The van der Waals surface area contributed by atoms with Crippen LogP contribution >= 0.6 is 35.3 Å². The molecule has 2 aromatic carbocycles. The molecule has 2 heterocycles. The highest BCUT2D eigenvalue weighted by Gasteiger charge is 2.23. The van der Waals surface area contributed by atoms with E-state index >= 15 is 0 Å². The summed E-state index contributed by atoms with van der Waals surface area (Å²) in [6.45, 7) is 4.12. The summed E-state index contributed by atoms with van der Waals surface area (Å²) in [5.74, 6) is 0.466. The number of rotatable bonds is 8. The Hall–Kier alpha value is -1.95. The van der Waals surface area contributed by atoms with E-state index in [1.165, 1.54) is 23.5 Å². The minimum absolute atomic E-state index is 0. The molecule has 0 saturated carbocycles. The first-order valence-electron chi connectivity index (χ1n) is 10.8. The van der Waals surface area contributed by atoms with Gasteiger partial charge in [0, 0.05) is 32.4 Å². The smallest absolute Gasteiger partial charge is 0.233 e. The molecule has 35 heavy (non-hydrogen) atoms. The number of amides is 1. The number of aromatic nitrogens is 1. The zero-order valence-corrected chi connectivity index (χ0v) is 22.6. The molecule has 190 valence electrons. The minimum Gasteiger partial charge on any atom is -0.494 e. The molecular formula is C23H27Cl2N3O5S2. The molecule has 1 aromatic heterocycles. The van der Waals surface area contributed by atoms with Crippen LogP contribution in [0.3, 0.4) is 0 Å². The van der Waals surface area contributed by atoms with Crippen LogP contribution in [-0.4, -0.2) is 77.0 Å². The summed E-state index contributed by atoms with van der Waals surface area (Å²) in [6, 6.07) is 9.92. The highest BCUT2D eigenvalue weighted by atomic mass is 35.5. The van der Waals surface area contributed by atoms with Gasteiger partial charge in [0.1, 0.15) is 11.3 Å². The first-order valence-corrected chi connectivity index (χ1v) is 13.9. The van der Waals surface area contributed by atoms with Crippen molar-refractivity contribution in [2.24, 2.45) is 0 Å². The third-order valence-electron chi connectivity index (χ3n) is 5.65. The van der Waals surface area contributed by atoms with Gasteiger partial charge < -0.3 is 9.47 Å². The van der Waals surface area contributed by atoms with Crippen LogP contribution in [0.1, 0.15) is 5.56 Å². The molecule has 0 radical (unpaired) electrons. The fraction of sp³-hybridized carbons (Fsp3) is 0.391. The maximum absolute atomic E-state index is 13.5. The van der Waals surface area contributed by atoms with Crippen LogP contribution in [0.25, 0.3) is 10.2 Å². The summed E-state index contributed by atoms with van der Waals surface area (Å²) >= 11 is 7.76. The molecule has 0 spiro atoms. The van der Waals surface area contributed by atoms with Crippen LogP contribution in [0.2, 0.25) is 5.02 Å². The van der Waals surface area contributed by atoms with Crippen molar-refractivity contribution in [1.29, 1.82) is 0 Å². The first-order chi connectivity index (χ1) is 16.3. The van der Waals surface area contributed by atoms with Gasteiger partial charge in [0.05, 0.1) is 41.4 Å². The number of anilines is 1. The second kappa shape index (κ2) is 11.9. The summed E-state index contributed by atoms with van der Waals surface area (Å²) in [5.41, 5.74) is 1.35. The summed E-state index contributed by atoms with van der Waals surface area (Å²) in [4.78, 5) is 22.3. The van der Waals surface area contributed by atoms with Crippen molar-refractivity contribution in [3.8, 4) is 5.75 Å². The largest absolute Gasteiger partial charge is 0.494 e. The fourth-order valence-corrected chi connectivity index (χ4v) is 5.67. The van der Waals surface area contributed by atoms with Crippen LogP contribution in [0.4, 0.5) is 5.13 Å². The number of hydrogen-bond acceptors (Lipinski definition) is 8. The van der Waals surface area contributed by atoms with Gasteiger partial charge in [0.2, 0.25) is 5.91 Å². The number of carbonyl (C=O) groups excluding carboxylic acids is 1. The van der Waals surface area contributed by atoms with Gasteiger partial charge >= 0.3 is 0 Å². The van der Waals surface area contributed by atoms with E-state index in [1.54, 1.807) is 36.3 Å². The first kappa shape index (κ1) is 27.6. The van der Waals surface area contributed by atoms with Gasteiger partial charge in [-0.15, -0.1) is 12.4 Å². The lowest BCUT2D eigenvalue weighted by Gasteiger charge is -2.29. The number of carbonyl (C=O) groups is 1. The molecule has 1 saturated heterocycles. The van der Waals surface area contributed by atoms with E-state index in [2.05, 4.69) is 4.90 Å². The van der Waals surface area contributed by atoms with Crippen LogP contribution in [0.5, 0.6) is 5.75 Å². The molecule has 0 unspecified atom stereocenters. The van der Waals surface area contributed by atoms with Gasteiger partial charge in [0.25, 0.3) is 0 Å². The third-order valence-corrected chi connectivity index (χ3v) is 8.32. The number of nitrogens with zero attached hydrogens (tertiary/aromatic N) is 3. The molecule has 12 heteroatoms. The van der Waals surface area contributed by atoms with Crippen molar-refractivity contribution in [3.05, 3.63) is 47.0 Å². The Kier molecular flexibility index (Phi) is 9.36. The molecule has 1 aliphatic rings. The SMILES string of the molecule is COc1ccc(Cl)c2sc(N(CCN3CCOCC3)C(=O)Cc3ccc(S(C)(=O)=O)cc3)nc12.Cl. The number of morpholine rings is 1. The second-order valence-electron chi connectivity index (χ2n) is 8.02. The lowest BCUT2D eigenvalue weighted by molar-refractivity contribution is -0.118. The molecule has 4 rings (SSSR count). The van der Waals surface area contributed by atoms with Gasteiger partial charge in [0.15, 0.2) is 15.0 Å². The second-order valence-corrected chi connectivity index (χ2v) is 11.4. The standard InChI is InChI=1S/C23H26ClN3O5S2.ClH/c1-31-19-8-7-18(24)22-21(19)25-23(33-22)27(10-9-26-11-13-32-14-12-26)20(28)15-16-3-5-17(6-4-16)34(2,29)30;/h3-8H,9-15H2,1-2H3;1H. The van der Waals surface area contributed by atoms with Crippen molar-refractivity contribution in [2.75, 3.05) is 57.7 Å². The third kappa shape index (κ3) is 6.63. The van der Waals surface area contributed by atoms with Crippen molar-refractivity contribution in [2.45, 2.75) is 11.3 Å². The maximum Gasteiger partial charge on any atom is 0.233 e. The van der Waals surface area contributed by atoms with Crippen LogP contribution in [0, 0.1) is 0 Å². The average Bonchev–Trinajstić information content (AvgIpc) is 3.26. The van der Waals surface area contributed by atoms with Crippen molar-refractivity contribution in [1.82, 2.24) is 9.88 Å². The van der Waals surface area contributed by atoms with Gasteiger partial charge in [-0.2, -0.15) is 0 Å².